The van der Waals surface area contributed by atoms with Crippen molar-refractivity contribution in [1.82, 2.24) is 5.32 Å². The van der Waals surface area contributed by atoms with E-state index in [9.17, 15) is 4.79 Å². The van der Waals surface area contributed by atoms with Crippen LogP contribution in [-0.4, -0.2) is 19.6 Å². The Bertz CT molecular complexity index is 730. The average molecular weight is 314 g/mol. The molecule has 1 aromatic carbocycles. The number of carbonyl (C=O) groups excluding carboxylic acids is 1. The van der Waals surface area contributed by atoms with Gasteiger partial charge >= 0.3 is 0 Å². The molecule has 6 nitrogen and oxygen atoms in total. The summed E-state index contributed by atoms with van der Waals surface area (Å²) in [5.41, 5.74) is 0.459. The van der Waals surface area contributed by atoms with Gasteiger partial charge in [-0.3, -0.25) is 4.79 Å². The summed E-state index contributed by atoms with van der Waals surface area (Å²) in [5.74, 6) is 2.01. The molecule has 1 heterocycles. The average Bonchev–Trinajstić information content (AvgIpc) is 2.99. The summed E-state index contributed by atoms with van der Waals surface area (Å²) < 4.78 is 16.1. The first-order valence-corrected chi connectivity index (χ1v) is 7.10. The van der Waals surface area contributed by atoms with E-state index in [1.165, 1.54) is 7.11 Å². The highest BCUT2D eigenvalue weighted by molar-refractivity contribution is 5.78. The van der Waals surface area contributed by atoms with Gasteiger partial charge in [0, 0.05) is 6.07 Å². The van der Waals surface area contributed by atoms with Crippen LogP contribution in [0.4, 0.5) is 0 Å². The third-order valence-corrected chi connectivity index (χ3v) is 3.22. The molecule has 120 valence electrons. The Morgan fingerprint density at radius 2 is 2.13 bits per heavy atom. The first-order chi connectivity index (χ1) is 11.0. The molecular formula is C17H18N2O4. The van der Waals surface area contributed by atoms with Gasteiger partial charge in [0.1, 0.15) is 11.5 Å². The van der Waals surface area contributed by atoms with Gasteiger partial charge in [-0.15, -0.1) is 0 Å². The predicted molar refractivity (Wildman–Crippen MR) is 83.2 cm³/mol. The van der Waals surface area contributed by atoms with Crippen LogP contribution in [0.25, 0.3) is 0 Å². The lowest BCUT2D eigenvalue weighted by Crippen LogP contribution is -2.31. The summed E-state index contributed by atoms with van der Waals surface area (Å²) in [7, 11) is 1.48. The van der Waals surface area contributed by atoms with Crippen molar-refractivity contribution in [2.45, 2.75) is 19.9 Å². The maximum Gasteiger partial charge on any atom is 0.258 e. The normalized spacial score (nSPS) is 11.4. The number of hydrogen-bond acceptors (Lipinski definition) is 5. The van der Waals surface area contributed by atoms with Gasteiger partial charge in [0.15, 0.2) is 18.1 Å². The molecule has 6 heteroatoms. The molecule has 0 spiro atoms. The van der Waals surface area contributed by atoms with Crippen molar-refractivity contribution >= 4 is 5.91 Å². The smallest absolute Gasteiger partial charge is 0.258 e. The highest BCUT2D eigenvalue weighted by atomic mass is 16.5. The minimum Gasteiger partial charge on any atom is -0.493 e. The van der Waals surface area contributed by atoms with Crippen LogP contribution in [0.5, 0.6) is 11.5 Å². The monoisotopic (exact) mass is 314 g/mol. The number of ether oxygens (including phenoxy) is 2. The Morgan fingerprint density at radius 3 is 2.74 bits per heavy atom. The molecule has 0 aliphatic carbocycles. The fourth-order valence-corrected chi connectivity index (χ4v) is 2.04. The molecule has 0 saturated heterocycles. The van der Waals surface area contributed by atoms with Gasteiger partial charge in [-0.2, -0.15) is 5.26 Å². The highest BCUT2D eigenvalue weighted by Gasteiger charge is 2.14. The predicted octanol–water partition coefficient (Wildman–Crippen LogP) is 2.72. The maximum atomic E-state index is 12.0. The quantitative estimate of drug-likeness (QED) is 0.886. The van der Waals surface area contributed by atoms with Crippen molar-refractivity contribution in [2.75, 3.05) is 13.7 Å². The summed E-state index contributed by atoms with van der Waals surface area (Å²) in [5, 5.41) is 11.6. The molecule has 0 radical (unpaired) electrons. The topological polar surface area (TPSA) is 84.5 Å². The number of hydrogen-bond donors (Lipinski definition) is 1. The van der Waals surface area contributed by atoms with Gasteiger partial charge in [-0.05, 0) is 38.1 Å². The van der Waals surface area contributed by atoms with Gasteiger partial charge in [0.25, 0.3) is 5.91 Å². The van der Waals surface area contributed by atoms with E-state index in [4.69, 9.17) is 19.2 Å². The van der Waals surface area contributed by atoms with Gasteiger partial charge in [-0.1, -0.05) is 0 Å². The van der Waals surface area contributed by atoms with E-state index in [1.54, 1.807) is 18.2 Å². The minimum atomic E-state index is -0.280. The zero-order chi connectivity index (χ0) is 16.8. The third kappa shape index (κ3) is 4.27. The fraction of sp³-hybridized carbons (Fsp3) is 0.294. The summed E-state index contributed by atoms with van der Waals surface area (Å²) in [6.07, 6.45) is 0. The van der Waals surface area contributed by atoms with E-state index >= 15 is 0 Å². The lowest BCUT2D eigenvalue weighted by molar-refractivity contribution is -0.123. The van der Waals surface area contributed by atoms with Crippen molar-refractivity contribution < 1.29 is 18.7 Å². The van der Waals surface area contributed by atoms with Gasteiger partial charge in [-0.25, -0.2) is 0 Å². The van der Waals surface area contributed by atoms with Crippen LogP contribution in [0.2, 0.25) is 0 Å². The van der Waals surface area contributed by atoms with Crippen molar-refractivity contribution in [3.8, 4) is 17.6 Å². The molecule has 1 aromatic heterocycles. The molecule has 1 N–H and O–H groups in total. The largest absolute Gasteiger partial charge is 0.493 e. The number of furan rings is 1. The van der Waals surface area contributed by atoms with Gasteiger partial charge in [0.05, 0.1) is 24.8 Å². The van der Waals surface area contributed by atoms with Crippen LogP contribution in [0, 0.1) is 18.3 Å². The van der Waals surface area contributed by atoms with Gasteiger partial charge in [0.2, 0.25) is 0 Å². The molecule has 2 aromatic rings. The molecule has 0 aliphatic heterocycles. The van der Waals surface area contributed by atoms with Crippen LogP contribution in [0.15, 0.2) is 34.7 Å². The zero-order valence-electron chi connectivity index (χ0n) is 13.3. The molecule has 1 unspecified atom stereocenters. The number of nitrogens with zero attached hydrogens (tertiary/aromatic N) is 1. The first kappa shape index (κ1) is 16.4. The first-order valence-electron chi connectivity index (χ1n) is 7.10. The molecule has 0 fully saturated rings. The third-order valence-electron chi connectivity index (χ3n) is 3.22. The second kappa shape index (κ2) is 7.36. The van der Waals surface area contributed by atoms with Crippen molar-refractivity contribution in [1.29, 1.82) is 5.26 Å². The van der Waals surface area contributed by atoms with E-state index < -0.39 is 0 Å². The molecule has 1 atom stereocenters. The van der Waals surface area contributed by atoms with E-state index in [2.05, 4.69) is 5.32 Å². The molecule has 1 amide bonds. The summed E-state index contributed by atoms with van der Waals surface area (Å²) >= 11 is 0. The number of benzene rings is 1. The van der Waals surface area contributed by atoms with E-state index in [0.717, 1.165) is 5.76 Å². The Kier molecular flexibility index (Phi) is 5.26. The highest BCUT2D eigenvalue weighted by Crippen LogP contribution is 2.27. The Balaban J connectivity index is 1.93. The SMILES string of the molecule is COc1cc(C#N)ccc1OCC(=O)NC(C)c1ccc(C)o1. The summed E-state index contributed by atoms with van der Waals surface area (Å²) in [6, 6.07) is 10.2. The van der Waals surface area contributed by atoms with Crippen LogP contribution in [0.3, 0.4) is 0 Å². The molecule has 0 bridgehead atoms. The standard InChI is InChI=1S/C17H18N2O4/c1-11-4-6-14(23-11)12(2)19-17(20)10-22-15-7-5-13(9-18)8-16(15)21-3/h4-8,12H,10H2,1-3H3,(H,19,20). The number of nitriles is 1. The Morgan fingerprint density at radius 1 is 1.35 bits per heavy atom. The second-order valence-electron chi connectivity index (χ2n) is 5.00. The van der Waals surface area contributed by atoms with Crippen molar-refractivity contribution in [3.63, 3.8) is 0 Å². The van der Waals surface area contributed by atoms with Crippen LogP contribution < -0.4 is 14.8 Å². The molecule has 23 heavy (non-hydrogen) atoms. The summed E-state index contributed by atoms with van der Waals surface area (Å²) in [4.78, 5) is 12.0. The van der Waals surface area contributed by atoms with Crippen molar-refractivity contribution in [3.05, 3.63) is 47.4 Å². The number of carbonyl (C=O) groups is 1. The van der Waals surface area contributed by atoms with Crippen LogP contribution in [-0.2, 0) is 4.79 Å². The number of aryl methyl sites for hydroxylation is 1. The molecular weight excluding hydrogens is 296 g/mol. The number of rotatable bonds is 6. The fourth-order valence-electron chi connectivity index (χ4n) is 2.04. The molecule has 2 rings (SSSR count). The van der Waals surface area contributed by atoms with Gasteiger partial charge < -0.3 is 19.2 Å². The Labute approximate surface area is 134 Å². The van der Waals surface area contributed by atoms with Crippen LogP contribution >= 0.6 is 0 Å². The lowest BCUT2D eigenvalue weighted by Gasteiger charge is -2.13. The van der Waals surface area contributed by atoms with Crippen molar-refractivity contribution in [2.24, 2.45) is 0 Å². The summed E-state index contributed by atoms with van der Waals surface area (Å²) in [6.45, 7) is 3.52. The number of methoxy groups -OCH3 is 1. The molecule has 0 saturated carbocycles. The number of nitrogens with one attached hydrogen (secondary N) is 1. The second-order valence-corrected chi connectivity index (χ2v) is 5.00. The lowest BCUT2D eigenvalue weighted by atomic mass is 10.2. The van der Waals surface area contributed by atoms with E-state index in [0.29, 0.717) is 22.8 Å². The Hall–Kier alpha value is -2.94. The zero-order valence-corrected chi connectivity index (χ0v) is 13.3. The maximum absolute atomic E-state index is 12.0. The molecule has 0 aliphatic rings. The van der Waals surface area contributed by atoms with E-state index in [1.807, 2.05) is 32.0 Å². The van der Waals surface area contributed by atoms with Crippen LogP contribution in [0.1, 0.15) is 30.0 Å². The minimum absolute atomic E-state index is 0.160. The van der Waals surface area contributed by atoms with E-state index in [-0.39, 0.29) is 18.6 Å². The number of amides is 1.